The zero-order valence-electron chi connectivity index (χ0n) is 78.3. The van der Waals surface area contributed by atoms with Crippen molar-refractivity contribution >= 4 is 29.7 Å². The zero-order chi connectivity index (χ0) is 101. The molecular formula is C90H140N2O46. The number of carbonyl (C=O) groups excluding carboxylic acids is 5. The molecular weight excluding hydrogens is 1840 g/mol. The van der Waals surface area contributed by atoms with E-state index in [1.165, 1.54) is 20.8 Å². The molecule has 0 bridgehead atoms. The fraction of sp³-hybridized carbons (Fsp3) is 0.900. The number of allylic oxidation sites excluding steroid dienone is 2. The summed E-state index contributed by atoms with van der Waals surface area (Å²) in [6.07, 6.45) is -68.3. The minimum absolute atomic E-state index is 0.0101. The molecule has 43 unspecified atom stereocenters. The number of ether oxygens (including phenoxy) is 18. The normalized spacial score (nSPS) is 52.0. The molecule has 0 radical (unpaired) electrons. The van der Waals surface area contributed by atoms with E-state index < -0.39 is 377 Å². The number of nitrogens with one attached hydrogen (secondary N) is 1. The maximum Gasteiger partial charge on any atom is 0.318 e. The van der Waals surface area contributed by atoms with Gasteiger partial charge >= 0.3 is 11.9 Å². The second kappa shape index (κ2) is 41.3. The molecule has 786 valence electrons. The average Bonchev–Trinajstić information content (AvgIpc) is 0.827. The Labute approximate surface area is 793 Å². The molecule has 48 heteroatoms. The van der Waals surface area contributed by atoms with Crippen LogP contribution in [0.2, 0.25) is 0 Å². The number of fused-ring (bicyclic) bond motifs is 7. The molecule has 0 spiro atoms. The van der Waals surface area contributed by atoms with Crippen LogP contribution in [0.15, 0.2) is 23.8 Å². The SMILES string of the molecule is CC(=O)OC1C(C)OC(OC2C(C)OCC(OC(=O)[C@]34CCC(C)(C)CC3C3=CCC5[C@@]6(C)CC[C@H](OC7(OC8OC(CO)C(O)C(O)C8O)COC(C(=O)NCCN8C(=O)C=CC8=O)C(O)C7OC7OCC(O)C(O)C7O)[C@@](C)(CO)C6CC[C@@]5(C)[C@]3(C)C[C@H]4O)(OC3OC(C)C(OC4OCC(O)C(OC5OC(CO)C(O)C(O)C5O)C4O)C(O)C3O)C2O)C(O)C1OC1CCC(O)C(O)C1O. The van der Waals surface area contributed by atoms with Gasteiger partial charge in [-0.1, -0.05) is 53.2 Å². The number of hydrogen-bond acceptors (Lipinski definition) is 46. The highest BCUT2D eigenvalue weighted by atomic mass is 16.8. The van der Waals surface area contributed by atoms with Crippen LogP contribution >= 0.6 is 0 Å². The Kier molecular flexibility index (Phi) is 32.2. The molecule has 9 aliphatic heterocycles. The molecule has 3 amide bonds. The number of hydrogen-bond donors (Lipinski definition) is 24. The van der Waals surface area contributed by atoms with Crippen molar-refractivity contribution in [2.75, 3.05) is 59.3 Å². The third-order valence-electron chi connectivity index (χ3n) is 33.2. The predicted octanol–water partition coefficient (Wildman–Crippen LogP) is -9.54. The standard InChI is InChI=1S/C90H140N2O46/c1-34-69(132-79-66(117)71(68(36(3)125-79)127-37(4)96)128-43-13-12-40(97)52(103)54(43)105)73(118)89(32-123-34,136-80-63(114)59(110)67(35(2)126-80)131-77-65(116)70(42(99)30-122-77)133-78-61(112)57(108)55(106)44(27-93)129-78)138-82(120)88-22-21-83(5,6)25-39(88)38-11-14-47-84(7)19-18-49(85(8,31-95)46(84)17-20-86(47,9)87(38,10)26-48(88)100)135-90(137-81-62(113)58(109)56(107)45(28-94)130-81)33-124-72(75(119)91-23-24-92-50(101)15-16-51(92)102)64(115)74(90)134-76-60(111)53(104)41(98)29-121-76/h11,15-16,34-36,39-49,52-74,76-81,93-95,97-100,103-118H,12-14,17-33H2,1-10H3,(H,91,119)/t34?,35?,36?,39?,40?,41?,42?,43?,44?,45?,46?,47?,48-,49+,52?,53?,54?,55?,56?,57?,58?,59?,60?,61?,62?,63?,64?,65?,66?,67?,68?,69?,70?,71?,72?,73?,74?,76?,77?,78?,79?,80?,81?,84+,85+,86-,87-,88-,89?,90?/m1/s1. The fourth-order valence-electron chi connectivity index (χ4n) is 24.9. The van der Waals surface area contributed by atoms with E-state index in [-0.39, 0.29) is 76.8 Å². The molecule has 6 aliphatic carbocycles. The molecule has 138 heavy (non-hydrogen) atoms. The molecule has 0 aromatic heterocycles. The average molecular weight is 1990 g/mol. The van der Waals surface area contributed by atoms with E-state index in [0.29, 0.717) is 12.8 Å². The van der Waals surface area contributed by atoms with Crippen LogP contribution in [0.25, 0.3) is 0 Å². The molecule has 50 atom stereocenters. The van der Waals surface area contributed by atoms with Crippen LogP contribution < -0.4 is 5.32 Å². The Morgan fingerprint density at radius 1 is 0.486 bits per heavy atom. The summed E-state index contributed by atoms with van der Waals surface area (Å²) in [4.78, 5) is 69.9. The van der Waals surface area contributed by atoms with Crippen LogP contribution in [-0.4, -0.2) is 468 Å². The summed E-state index contributed by atoms with van der Waals surface area (Å²) in [7, 11) is 0. The van der Waals surface area contributed by atoms with Gasteiger partial charge in [0.15, 0.2) is 56.1 Å². The minimum atomic E-state index is -3.01. The van der Waals surface area contributed by atoms with Crippen molar-refractivity contribution in [3.05, 3.63) is 23.8 Å². The number of amides is 3. The minimum Gasteiger partial charge on any atom is -0.457 e. The quantitative estimate of drug-likeness (QED) is 0.0165. The van der Waals surface area contributed by atoms with Crippen LogP contribution in [0.4, 0.5) is 0 Å². The summed E-state index contributed by atoms with van der Waals surface area (Å²) in [6, 6.07) is 0. The third kappa shape index (κ3) is 19.2. The predicted molar refractivity (Wildman–Crippen MR) is 451 cm³/mol. The molecule has 15 aliphatic rings. The summed E-state index contributed by atoms with van der Waals surface area (Å²) in [6.45, 7) is 10.8. The lowest BCUT2D eigenvalue weighted by molar-refractivity contribution is -0.446. The van der Waals surface area contributed by atoms with Crippen LogP contribution in [0.1, 0.15) is 140 Å². The third-order valence-corrected chi connectivity index (χ3v) is 33.2. The molecule has 5 saturated carbocycles. The Morgan fingerprint density at radius 3 is 1.70 bits per heavy atom. The van der Waals surface area contributed by atoms with Gasteiger partial charge < -0.3 is 208 Å². The summed E-state index contributed by atoms with van der Waals surface area (Å²) in [5.41, 5.74) is -5.96. The second-order valence-electron chi connectivity index (χ2n) is 42.2. The Balaban J connectivity index is 0.740. The maximum atomic E-state index is 16.9. The molecule has 0 aromatic carbocycles. The maximum absolute atomic E-state index is 16.9. The van der Waals surface area contributed by atoms with Gasteiger partial charge in [-0.05, 0) is 131 Å². The molecule has 24 N–H and O–H groups in total. The highest BCUT2D eigenvalue weighted by Crippen LogP contribution is 2.76. The second-order valence-corrected chi connectivity index (χ2v) is 42.2. The lowest BCUT2D eigenvalue weighted by atomic mass is 9.33. The number of nitrogens with zero attached hydrogens (tertiary/aromatic N) is 1. The van der Waals surface area contributed by atoms with Gasteiger partial charge in [0.1, 0.15) is 165 Å². The zero-order valence-corrected chi connectivity index (χ0v) is 78.3. The Morgan fingerprint density at radius 2 is 1.04 bits per heavy atom. The van der Waals surface area contributed by atoms with Gasteiger partial charge in [0.2, 0.25) is 5.79 Å². The number of aliphatic hydroxyl groups excluding tert-OH is 23. The van der Waals surface area contributed by atoms with Crippen molar-refractivity contribution in [2.45, 2.75) is 397 Å². The molecule has 8 saturated heterocycles. The van der Waals surface area contributed by atoms with Crippen molar-refractivity contribution in [1.82, 2.24) is 10.2 Å². The lowest BCUT2D eigenvalue weighted by Gasteiger charge is -2.72. The molecule has 48 nitrogen and oxygen atoms in total. The number of carbonyl (C=O) groups is 5. The monoisotopic (exact) mass is 1980 g/mol. The van der Waals surface area contributed by atoms with E-state index in [1.54, 1.807) is 6.92 Å². The number of aliphatic hydroxyl groups is 23. The van der Waals surface area contributed by atoms with Crippen molar-refractivity contribution in [1.29, 1.82) is 0 Å². The van der Waals surface area contributed by atoms with Gasteiger partial charge in [-0.2, -0.15) is 0 Å². The van der Waals surface area contributed by atoms with Crippen LogP contribution in [0, 0.1) is 50.2 Å². The van der Waals surface area contributed by atoms with E-state index >= 15 is 4.79 Å². The van der Waals surface area contributed by atoms with Crippen LogP contribution in [0.5, 0.6) is 0 Å². The first-order valence-corrected chi connectivity index (χ1v) is 47.6. The first-order valence-electron chi connectivity index (χ1n) is 47.6. The van der Waals surface area contributed by atoms with E-state index in [0.717, 1.165) is 29.5 Å². The molecule has 13 fully saturated rings. The smallest absolute Gasteiger partial charge is 0.318 e. The fourth-order valence-corrected chi connectivity index (χ4v) is 24.9. The van der Waals surface area contributed by atoms with E-state index in [2.05, 4.69) is 25.2 Å². The highest BCUT2D eigenvalue weighted by molar-refractivity contribution is 6.12. The molecule has 15 rings (SSSR count). The molecule has 0 aromatic rings. The van der Waals surface area contributed by atoms with E-state index in [9.17, 15) is 137 Å². The van der Waals surface area contributed by atoms with E-state index in [4.69, 9.17) is 85.3 Å². The summed E-state index contributed by atoms with van der Waals surface area (Å²) < 4.78 is 112. The van der Waals surface area contributed by atoms with Gasteiger partial charge in [-0.3, -0.25) is 28.9 Å². The topological polar surface area (TPSA) is 732 Å². The van der Waals surface area contributed by atoms with Crippen molar-refractivity contribution in [3.8, 4) is 0 Å². The summed E-state index contributed by atoms with van der Waals surface area (Å²) in [5, 5.41) is 267. The van der Waals surface area contributed by atoms with Crippen LogP contribution in [0.3, 0.4) is 0 Å². The van der Waals surface area contributed by atoms with Gasteiger partial charge in [0.25, 0.3) is 23.5 Å². The Bertz CT molecular complexity index is 4290. The highest BCUT2D eigenvalue weighted by Gasteiger charge is 2.75. The Hall–Kier alpha value is -4.53. The number of rotatable bonds is 26. The first kappa shape index (κ1) is 108. The largest absolute Gasteiger partial charge is 0.457 e. The van der Waals surface area contributed by atoms with Crippen LogP contribution in [-0.2, 0) is 109 Å². The van der Waals surface area contributed by atoms with Gasteiger partial charge in [-0.15, -0.1) is 0 Å². The van der Waals surface area contributed by atoms with E-state index in [1.807, 2.05) is 20.8 Å². The number of imide groups is 1. The molecule has 9 heterocycles. The van der Waals surface area contributed by atoms with Crippen molar-refractivity contribution in [3.63, 3.8) is 0 Å². The van der Waals surface area contributed by atoms with Gasteiger partial charge in [0.05, 0.1) is 75.8 Å². The van der Waals surface area contributed by atoms with Crippen molar-refractivity contribution < 1.29 is 227 Å². The van der Waals surface area contributed by atoms with Gasteiger partial charge in [-0.25, -0.2) is 0 Å². The first-order chi connectivity index (χ1) is 64.8. The lowest BCUT2D eigenvalue weighted by Crippen LogP contribution is -2.73. The summed E-state index contributed by atoms with van der Waals surface area (Å²) >= 11 is 0. The summed E-state index contributed by atoms with van der Waals surface area (Å²) in [5.74, 6) is -12.1. The van der Waals surface area contributed by atoms with Crippen molar-refractivity contribution in [2.24, 2.45) is 50.2 Å². The number of esters is 2. The van der Waals surface area contributed by atoms with Gasteiger partial charge in [0, 0.05) is 37.6 Å².